The van der Waals surface area contributed by atoms with Crippen LogP contribution in [0.15, 0.2) is 59.7 Å². The van der Waals surface area contributed by atoms with Crippen LogP contribution in [-0.4, -0.2) is 26.6 Å². The maximum atomic E-state index is 12.2. The highest BCUT2D eigenvalue weighted by Crippen LogP contribution is 2.10. The van der Waals surface area contributed by atoms with E-state index in [1.807, 2.05) is 0 Å². The van der Waals surface area contributed by atoms with Crippen LogP contribution in [0.4, 0.5) is 5.13 Å². The first-order valence-electron chi connectivity index (χ1n) is 6.56. The molecule has 114 valence electrons. The van der Waals surface area contributed by atoms with E-state index in [1.54, 1.807) is 36.4 Å². The van der Waals surface area contributed by atoms with Crippen molar-refractivity contribution in [2.75, 3.05) is 5.32 Å². The highest BCUT2D eigenvalue weighted by atomic mass is 32.1. The molecule has 0 aliphatic rings. The SMILES string of the molecule is O=C(Nc1nn(C(=O)c2cccnc2)c(=O)s1)c1ccccc1. The molecule has 0 aliphatic heterocycles. The van der Waals surface area contributed by atoms with Crippen LogP contribution in [0.3, 0.4) is 0 Å². The average Bonchev–Trinajstić information content (AvgIpc) is 2.96. The normalized spacial score (nSPS) is 10.3. The molecule has 1 amide bonds. The molecule has 0 fully saturated rings. The molecule has 1 N–H and O–H groups in total. The number of hydrogen-bond donors (Lipinski definition) is 1. The van der Waals surface area contributed by atoms with Crippen molar-refractivity contribution in [3.05, 3.63) is 75.7 Å². The highest BCUT2D eigenvalue weighted by Gasteiger charge is 2.17. The van der Waals surface area contributed by atoms with Crippen molar-refractivity contribution in [1.82, 2.24) is 14.8 Å². The second-order valence-electron chi connectivity index (χ2n) is 4.45. The molecular weight excluding hydrogens is 316 g/mol. The fourth-order valence-electron chi connectivity index (χ4n) is 1.83. The number of amides is 1. The highest BCUT2D eigenvalue weighted by molar-refractivity contribution is 7.13. The van der Waals surface area contributed by atoms with Gasteiger partial charge in [0.25, 0.3) is 11.8 Å². The Morgan fingerprint density at radius 2 is 1.78 bits per heavy atom. The van der Waals surface area contributed by atoms with Crippen LogP contribution in [0.1, 0.15) is 20.7 Å². The van der Waals surface area contributed by atoms with Crippen molar-refractivity contribution in [3.63, 3.8) is 0 Å². The second-order valence-corrected chi connectivity index (χ2v) is 5.39. The molecule has 0 saturated carbocycles. The first-order chi connectivity index (χ1) is 11.1. The fourth-order valence-corrected chi connectivity index (χ4v) is 2.47. The number of carbonyl (C=O) groups is 2. The van der Waals surface area contributed by atoms with Gasteiger partial charge in [-0.1, -0.05) is 18.2 Å². The van der Waals surface area contributed by atoms with Crippen molar-refractivity contribution in [1.29, 1.82) is 0 Å². The lowest BCUT2D eigenvalue weighted by Crippen LogP contribution is -2.24. The number of carbonyl (C=O) groups excluding carboxylic acids is 2. The summed E-state index contributed by atoms with van der Waals surface area (Å²) in [6.07, 6.45) is 2.86. The monoisotopic (exact) mass is 326 g/mol. The summed E-state index contributed by atoms with van der Waals surface area (Å²) in [4.78, 5) is 39.4. The van der Waals surface area contributed by atoms with E-state index in [9.17, 15) is 14.4 Å². The predicted octanol–water partition coefficient (Wildman–Crippen LogP) is 1.64. The smallest absolute Gasteiger partial charge is 0.296 e. The van der Waals surface area contributed by atoms with Gasteiger partial charge in [-0.2, -0.15) is 0 Å². The van der Waals surface area contributed by atoms with Crippen LogP contribution in [-0.2, 0) is 0 Å². The molecule has 0 aliphatic carbocycles. The zero-order valence-corrected chi connectivity index (χ0v) is 12.5. The van der Waals surface area contributed by atoms with E-state index in [4.69, 9.17) is 0 Å². The number of rotatable bonds is 3. The molecular formula is C15H10N4O3S. The summed E-state index contributed by atoms with van der Waals surface area (Å²) in [5.74, 6) is -1.00. The molecule has 2 heterocycles. The number of nitrogens with zero attached hydrogens (tertiary/aromatic N) is 3. The molecule has 0 atom stereocenters. The van der Waals surface area contributed by atoms with Gasteiger partial charge in [0, 0.05) is 18.0 Å². The number of anilines is 1. The number of nitrogens with one attached hydrogen (secondary N) is 1. The van der Waals surface area contributed by atoms with Crippen LogP contribution in [0.2, 0.25) is 0 Å². The summed E-state index contributed by atoms with van der Waals surface area (Å²) in [5.41, 5.74) is 0.668. The molecule has 3 aromatic rings. The standard InChI is InChI=1S/C15H10N4O3S/c20-12(10-5-2-1-3-6-10)17-14-18-19(15(22)23-14)13(21)11-7-4-8-16-9-11/h1-9H,(H,17,18,20). The average molecular weight is 326 g/mol. The third kappa shape index (κ3) is 3.22. The Kier molecular flexibility index (Phi) is 4.07. The quantitative estimate of drug-likeness (QED) is 0.789. The maximum Gasteiger partial charge on any atom is 0.334 e. The number of aromatic nitrogens is 3. The summed E-state index contributed by atoms with van der Waals surface area (Å²) in [5, 5.41) is 6.43. The summed E-state index contributed by atoms with van der Waals surface area (Å²) >= 11 is 0.683. The van der Waals surface area contributed by atoms with Crippen LogP contribution in [0.5, 0.6) is 0 Å². The topological polar surface area (TPSA) is 93.9 Å². The Bertz CT molecular complexity index is 903. The van der Waals surface area contributed by atoms with Crippen LogP contribution in [0, 0.1) is 0 Å². The third-order valence-corrected chi connectivity index (χ3v) is 3.63. The molecule has 23 heavy (non-hydrogen) atoms. The molecule has 0 spiro atoms. The van der Waals surface area contributed by atoms with Gasteiger partial charge in [-0.25, -0.2) is 0 Å². The van der Waals surface area contributed by atoms with E-state index in [2.05, 4.69) is 15.4 Å². The number of pyridine rings is 1. The lowest BCUT2D eigenvalue weighted by Gasteiger charge is -2.00. The largest absolute Gasteiger partial charge is 0.334 e. The molecule has 1 aromatic carbocycles. The van der Waals surface area contributed by atoms with Crippen LogP contribution >= 0.6 is 11.3 Å². The van der Waals surface area contributed by atoms with Crippen molar-refractivity contribution in [2.24, 2.45) is 0 Å². The molecule has 2 aromatic heterocycles. The minimum atomic E-state index is -0.598. The van der Waals surface area contributed by atoms with Gasteiger partial charge in [-0.05, 0) is 35.6 Å². The molecule has 0 bridgehead atoms. The van der Waals surface area contributed by atoms with Crippen molar-refractivity contribution in [3.8, 4) is 0 Å². The molecule has 3 rings (SSSR count). The third-order valence-electron chi connectivity index (χ3n) is 2.91. The summed E-state index contributed by atoms with van der Waals surface area (Å²) < 4.78 is 0.711. The first-order valence-corrected chi connectivity index (χ1v) is 7.38. The molecule has 0 unspecified atom stereocenters. The van der Waals surface area contributed by atoms with E-state index in [-0.39, 0.29) is 10.7 Å². The minimum Gasteiger partial charge on any atom is -0.296 e. The van der Waals surface area contributed by atoms with E-state index < -0.39 is 16.7 Å². The lowest BCUT2D eigenvalue weighted by atomic mass is 10.2. The maximum absolute atomic E-state index is 12.2. The van der Waals surface area contributed by atoms with Crippen LogP contribution in [0.25, 0.3) is 0 Å². The Balaban J connectivity index is 1.83. The van der Waals surface area contributed by atoms with Gasteiger partial charge in [-0.15, -0.1) is 9.78 Å². The second kappa shape index (κ2) is 6.32. The minimum absolute atomic E-state index is 0.0566. The molecule has 8 heteroatoms. The zero-order chi connectivity index (χ0) is 16.2. The van der Waals surface area contributed by atoms with Gasteiger partial charge in [0.15, 0.2) is 0 Å². The van der Waals surface area contributed by atoms with E-state index in [0.717, 1.165) is 0 Å². The van der Waals surface area contributed by atoms with Crippen molar-refractivity contribution < 1.29 is 9.59 Å². The van der Waals surface area contributed by atoms with Gasteiger partial charge >= 0.3 is 4.87 Å². The molecule has 0 radical (unpaired) electrons. The van der Waals surface area contributed by atoms with Gasteiger partial charge in [0.05, 0.1) is 5.56 Å². The van der Waals surface area contributed by atoms with E-state index in [1.165, 1.54) is 18.5 Å². The van der Waals surface area contributed by atoms with E-state index >= 15 is 0 Å². The summed E-state index contributed by atoms with van der Waals surface area (Å²) in [7, 11) is 0. The summed E-state index contributed by atoms with van der Waals surface area (Å²) in [6.45, 7) is 0. The Morgan fingerprint density at radius 3 is 2.48 bits per heavy atom. The fraction of sp³-hybridized carbons (Fsp3) is 0. The molecule has 0 saturated heterocycles. The number of hydrogen-bond acceptors (Lipinski definition) is 6. The van der Waals surface area contributed by atoms with Crippen LogP contribution < -0.4 is 10.2 Å². The van der Waals surface area contributed by atoms with Gasteiger partial charge in [0.1, 0.15) is 0 Å². The summed E-state index contributed by atoms with van der Waals surface area (Å²) in [6, 6.07) is 11.6. The van der Waals surface area contributed by atoms with Crippen molar-refractivity contribution in [2.45, 2.75) is 0 Å². The van der Waals surface area contributed by atoms with Gasteiger partial charge in [-0.3, -0.25) is 24.7 Å². The van der Waals surface area contributed by atoms with Gasteiger partial charge in [0.2, 0.25) is 5.13 Å². The Hall–Kier alpha value is -3.13. The van der Waals surface area contributed by atoms with Crippen molar-refractivity contribution >= 4 is 28.3 Å². The van der Waals surface area contributed by atoms with Gasteiger partial charge < -0.3 is 0 Å². The zero-order valence-electron chi connectivity index (χ0n) is 11.7. The first kappa shape index (κ1) is 14.8. The molecule has 7 nitrogen and oxygen atoms in total. The number of benzene rings is 1. The Labute approximate surface area is 134 Å². The Morgan fingerprint density at radius 1 is 1.04 bits per heavy atom. The van der Waals surface area contributed by atoms with E-state index in [0.29, 0.717) is 21.6 Å². The predicted molar refractivity (Wildman–Crippen MR) is 84.7 cm³/mol. The lowest BCUT2D eigenvalue weighted by molar-refractivity contribution is 0.0939.